The van der Waals surface area contributed by atoms with E-state index in [1.54, 1.807) is 31.2 Å². The van der Waals surface area contributed by atoms with Gasteiger partial charge in [-0.3, -0.25) is 14.4 Å². The maximum absolute atomic E-state index is 12.7. The number of rotatable bonds is 11. The fourth-order valence-corrected chi connectivity index (χ4v) is 2.70. The van der Waals surface area contributed by atoms with Crippen LogP contribution in [0.2, 0.25) is 0 Å². The zero-order valence-electron chi connectivity index (χ0n) is 17.8. The Balaban J connectivity index is 2.78. The first kappa shape index (κ1) is 25.1. The van der Waals surface area contributed by atoms with Crippen LogP contribution >= 0.6 is 0 Å². The first-order valence-corrected chi connectivity index (χ1v) is 10.00. The van der Waals surface area contributed by atoms with Gasteiger partial charge in [-0.15, -0.1) is 0 Å². The molecule has 0 aromatic heterocycles. The van der Waals surface area contributed by atoms with Gasteiger partial charge < -0.3 is 26.8 Å². The smallest absolute Gasteiger partial charge is 0.326 e. The quantitative estimate of drug-likeness (QED) is 0.345. The zero-order valence-corrected chi connectivity index (χ0v) is 17.8. The molecule has 30 heavy (non-hydrogen) atoms. The molecule has 0 heterocycles. The monoisotopic (exact) mass is 420 g/mol. The van der Waals surface area contributed by atoms with Crippen molar-refractivity contribution in [2.24, 2.45) is 11.7 Å². The molecule has 1 aromatic rings. The van der Waals surface area contributed by atoms with Crippen molar-refractivity contribution in [3.05, 3.63) is 35.9 Å². The van der Waals surface area contributed by atoms with Crippen molar-refractivity contribution >= 4 is 23.7 Å². The van der Waals surface area contributed by atoms with E-state index in [0.717, 1.165) is 5.56 Å². The molecule has 5 atom stereocenters. The molecule has 1 aromatic carbocycles. The van der Waals surface area contributed by atoms with Crippen molar-refractivity contribution in [3.63, 3.8) is 0 Å². The number of nitrogens with one attached hydrogen (secondary N) is 3. The van der Waals surface area contributed by atoms with Crippen LogP contribution in [0.4, 0.5) is 0 Å². The van der Waals surface area contributed by atoms with Crippen molar-refractivity contribution in [1.29, 1.82) is 0 Å². The van der Waals surface area contributed by atoms with Crippen LogP contribution in [-0.2, 0) is 25.6 Å². The molecule has 9 nitrogen and oxygen atoms in total. The highest BCUT2D eigenvalue weighted by Gasteiger charge is 2.30. The molecule has 0 saturated heterocycles. The minimum atomic E-state index is -1.17. The van der Waals surface area contributed by atoms with E-state index in [1.807, 2.05) is 13.0 Å². The van der Waals surface area contributed by atoms with Crippen LogP contribution < -0.4 is 21.7 Å². The van der Waals surface area contributed by atoms with Crippen molar-refractivity contribution in [2.45, 2.75) is 64.7 Å². The predicted octanol–water partition coefficient (Wildman–Crippen LogP) is 0.181. The molecular weight excluding hydrogens is 388 g/mol. The number of carboxylic acids is 1. The molecule has 0 aliphatic rings. The number of nitrogens with two attached hydrogens (primary N) is 1. The molecule has 0 bridgehead atoms. The van der Waals surface area contributed by atoms with Crippen LogP contribution in [0.3, 0.4) is 0 Å². The van der Waals surface area contributed by atoms with Gasteiger partial charge >= 0.3 is 5.97 Å². The second-order valence-electron chi connectivity index (χ2n) is 7.48. The molecule has 0 fully saturated rings. The highest BCUT2D eigenvalue weighted by atomic mass is 16.4. The standard InChI is InChI=1S/C21H32N4O5/c1-5-12(2)17(25-18(26)13(3)22)20(28)23-14(4)19(27)24-16(21(29)30)11-15-9-7-6-8-10-15/h6-10,12-14,16-17H,5,11,22H2,1-4H3,(H,23,28)(H,24,27)(H,25,26)(H,29,30). The van der Waals surface area contributed by atoms with E-state index in [9.17, 15) is 24.3 Å². The largest absolute Gasteiger partial charge is 0.480 e. The molecule has 1 rings (SSSR count). The van der Waals surface area contributed by atoms with Crippen LogP contribution in [-0.4, -0.2) is 53.0 Å². The van der Waals surface area contributed by atoms with Gasteiger partial charge in [0.1, 0.15) is 18.1 Å². The van der Waals surface area contributed by atoms with Gasteiger partial charge in [0, 0.05) is 6.42 Å². The summed E-state index contributed by atoms with van der Waals surface area (Å²) in [7, 11) is 0. The van der Waals surface area contributed by atoms with E-state index >= 15 is 0 Å². The van der Waals surface area contributed by atoms with Gasteiger partial charge in [-0.05, 0) is 25.3 Å². The molecule has 9 heteroatoms. The van der Waals surface area contributed by atoms with Crippen molar-refractivity contribution in [1.82, 2.24) is 16.0 Å². The Kier molecular flexibility index (Phi) is 9.97. The summed E-state index contributed by atoms with van der Waals surface area (Å²) < 4.78 is 0. The SMILES string of the molecule is CCC(C)C(NC(=O)C(C)N)C(=O)NC(C)C(=O)NC(Cc1ccccc1)C(=O)O. The third-order valence-corrected chi connectivity index (χ3v) is 4.86. The maximum Gasteiger partial charge on any atom is 0.326 e. The Morgan fingerprint density at radius 1 is 0.933 bits per heavy atom. The topological polar surface area (TPSA) is 151 Å². The fraction of sp³-hybridized carbons (Fsp3) is 0.524. The van der Waals surface area contributed by atoms with Gasteiger partial charge in [0.15, 0.2) is 0 Å². The summed E-state index contributed by atoms with van der Waals surface area (Å²) in [5.74, 6) is -2.99. The Bertz CT molecular complexity index is 738. The average Bonchev–Trinajstić information content (AvgIpc) is 2.70. The highest BCUT2D eigenvalue weighted by molar-refractivity contribution is 5.94. The van der Waals surface area contributed by atoms with Crippen molar-refractivity contribution in [3.8, 4) is 0 Å². The summed E-state index contributed by atoms with van der Waals surface area (Å²) in [6.07, 6.45) is 0.735. The van der Waals surface area contributed by atoms with Gasteiger partial charge in [-0.2, -0.15) is 0 Å². The zero-order chi connectivity index (χ0) is 22.8. The number of carbonyl (C=O) groups is 4. The number of carbonyl (C=O) groups excluding carboxylic acids is 3. The van der Waals surface area contributed by atoms with Crippen molar-refractivity contribution < 1.29 is 24.3 Å². The van der Waals surface area contributed by atoms with Crippen LogP contribution in [0, 0.1) is 5.92 Å². The lowest BCUT2D eigenvalue weighted by Gasteiger charge is -2.26. The first-order chi connectivity index (χ1) is 14.1. The van der Waals surface area contributed by atoms with Gasteiger partial charge in [-0.25, -0.2) is 4.79 Å². The van der Waals surface area contributed by atoms with E-state index in [4.69, 9.17) is 5.73 Å². The van der Waals surface area contributed by atoms with Crippen molar-refractivity contribution in [2.75, 3.05) is 0 Å². The molecule has 0 aliphatic carbocycles. The first-order valence-electron chi connectivity index (χ1n) is 10.00. The maximum atomic E-state index is 12.7. The minimum absolute atomic E-state index is 0.114. The van der Waals surface area contributed by atoms with Crippen LogP contribution in [0.25, 0.3) is 0 Å². The number of benzene rings is 1. The van der Waals surface area contributed by atoms with Crippen LogP contribution in [0.1, 0.15) is 39.7 Å². The summed E-state index contributed by atoms with van der Waals surface area (Å²) in [5, 5.41) is 17.0. The van der Waals surface area contributed by atoms with E-state index in [-0.39, 0.29) is 12.3 Å². The molecule has 0 saturated carbocycles. The fourth-order valence-electron chi connectivity index (χ4n) is 2.70. The van der Waals surface area contributed by atoms with Gasteiger partial charge in [0.2, 0.25) is 17.7 Å². The summed E-state index contributed by atoms with van der Waals surface area (Å²) in [4.78, 5) is 48.6. The van der Waals surface area contributed by atoms with E-state index in [2.05, 4.69) is 16.0 Å². The second kappa shape index (κ2) is 11.9. The molecule has 3 amide bonds. The Labute approximate surface area is 176 Å². The number of amides is 3. The summed E-state index contributed by atoms with van der Waals surface area (Å²) in [5.41, 5.74) is 6.32. The van der Waals surface area contributed by atoms with Gasteiger partial charge in [-0.1, -0.05) is 50.6 Å². The van der Waals surface area contributed by atoms with E-state index in [1.165, 1.54) is 13.8 Å². The lowest BCUT2D eigenvalue weighted by molar-refractivity contribution is -0.142. The number of hydrogen-bond acceptors (Lipinski definition) is 5. The molecule has 0 aliphatic heterocycles. The van der Waals surface area contributed by atoms with E-state index in [0.29, 0.717) is 6.42 Å². The molecular formula is C21H32N4O5. The second-order valence-corrected chi connectivity index (χ2v) is 7.48. The minimum Gasteiger partial charge on any atom is -0.480 e. The van der Waals surface area contributed by atoms with Crippen LogP contribution in [0.15, 0.2) is 30.3 Å². The lowest BCUT2D eigenvalue weighted by atomic mass is 9.97. The number of hydrogen-bond donors (Lipinski definition) is 5. The summed E-state index contributed by atoms with van der Waals surface area (Å²) in [6, 6.07) is 5.15. The normalized spacial score (nSPS) is 15.8. The van der Waals surface area contributed by atoms with Gasteiger partial charge in [0.25, 0.3) is 0 Å². The molecule has 0 spiro atoms. The lowest BCUT2D eigenvalue weighted by Crippen LogP contribution is -2.57. The Hall–Kier alpha value is -2.94. The molecule has 166 valence electrons. The third kappa shape index (κ3) is 7.82. The molecule has 0 radical (unpaired) electrons. The Morgan fingerprint density at radius 3 is 2.03 bits per heavy atom. The highest BCUT2D eigenvalue weighted by Crippen LogP contribution is 2.09. The molecule has 6 N–H and O–H groups in total. The average molecular weight is 421 g/mol. The summed E-state index contributed by atoms with van der Waals surface area (Å²) >= 11 is 0. The third-order valence-electron chi connectivity index (χ3n) is 4.86. The van der Waals surface area contributed by atoms with Crippen LogP contribution in [0.5, 0.6) is 0 Å². The van der Waals surface area contributed by atoms with Gasteiger partial charge in [0.05, 0.1) is 6.04 Å². The predicted molar refractivity (Wildman–Crippen MR) is 112 cm³/mol. The number of carboxylic acid groups (broad SMARTS) is 1. The number of aliphatic carboxylic acids is 1. The summed E-state index contributed by atoms with van der Waals surface area (Å²) in [6.45, 7) is 6.64. The Morgan fingerprint density at radius 2 is 1.53 bits per heavy atom. The van der Waals surface area contributed by atoms with E-state index < -0.39 is 47.9 Å². The molecule has 5 unspecified atom stereocenters.